The Balaban J connectivity index is 0.000000454. The summed E-state index contributed by atoms with van der Waals surface area (Å²) in [6.07, 6.45) is 20.3. The van der Waals surface area contributed by atoms with Gasteiger partial charge in [0.15, 0.2) is 6.29 Å². The summed E-state index contributed by atoms with van der Waals surface area (Å²) < 4.78 is 35.8. The van der Waals surface area contributed by atoms with Gasteiger partial charge in [-0.25, -0.2) is 14.8 Å². The molecule has 4 unspecified atom stereocenters. The van der Waals surface area contributed by atoms with Crippen molar-refractivity contribution in [2.75, 3.05) is 20.3 Å². The normalized spacial score (nSPS) is 34.1. The van der Waals surface area contributed by atoms with Crippen LogP contribution in [0.15, 0.2) is 66.6 Å². The third-order valence-electron chi connectivity index (χ3n) is 12.2. The van der Waals surface area contributed by atoms with Gasteiger partial charge < -0.3 is 37.9 Å². The van der Waals surface area contributed by atoms with Gasteiger partial charge in [-0.1, -0.05) is 52.3 Å². The van der Waals surface area contributed by atoms with E-state index in [-0.39, 0.29) is 30.5 Å². The van der Waals surface area contributed by atoms with Gasteiger partial charge in [0.25, 0.3) is 0 Å². The summed E-state index contributed by atoms with van der Waals surface area (Å²) in [5.74, 6) is 0.117. The van der Waals surface area contributed by atoms with Crippen LogP contribution in [0.3, 0.4) is 0 Å². The number of carboxylic acids is 1. The first-order valence-electron chi connectivity index (χ1n) is 19.7. The highest BCUT2D eigenvalue weighted by molar-refractivity contribution is 5.86. The molecule has 1 aliphatic carbocycles. The Morgan fingerprint density at radius 2 is 1.82 bits per heavy atom. The van der Waals surface area contributed by atoms with Crippen LogP contribution < -0.4 is 0 Å². The monoisotopic (exact) mass is 762 g/mol. The van der Waals surface area contributed by atoms with Crippen molar-refractivity contribution in [3.8, 4) is 0 Å². The van der Waals surface area contributed by atoms with E-state index in [0.29, 0.717) is 55.4 Å². The third-order valence-corrected chi connectivity index (χ3v) is 12.2. The second kappa shape index (κ2) is 18.0. The van der Waals surface area contributed by atoms with Gasteiger partial charge in [-0.05, 0) is 80.4 Å². The average molecular weight is 763 g/mol. The maximum absolute atomic E-state index is 13.3. The molecule has 5 heterocycles. The summed E-state index contributed by atoms with van der Waals surface area (Å²) in [6, 6.07) is 0. The van der Waals surface area contributed by atoms with Crippen molar-refractivity contribution >= 4 is 18.0 Å². The number of aliphatic carboxylic acids is 1. The lowest BCUT2D eigenvalue weighted by atomic mass is 9.65. The molecule has 1 N–H and O–H groups in total. The van der Waals surface area contributed by atoms with Crippen molar-refractivity contribution in [2.24, 2.45) is 55.5 Å². The topological polar surface area (TPSA) is 136 Å². The molecule has 1 saturated heterocycles. The minimum Gasteiger partial charge on any atom is -0.481 e. The molecule has 0 radical (unpaired) electrons. The van der Waals surface area contributed by atoms with Crippen LogP contribution in [0.2, 0.25) is 0 Å². The molecule has 0 amide bonds. The fourth-order valence-corrected chi connectivity index (χ4v) is 8.29. The van der Waals surface area contributed by atoms with E-state index in [4.69, 9.17) is 28.8 Å². The molecule has 0 saturated carbocycles. The van der Waals surface area contributed by atoms with Crippen molar-refractivity contribution in [1.82, 2.24) is 19.1 Å². The Bertz CT molecular complexity index is 1760. The van der Waals surface area contributed by atoms with Crippen LogP contribution in [0.1, 0.15) is 79.1 Å². The SMILES string of the molecule is CO[C@]12C=C[C@](C)(O1)[C@@H](OC(=O)/C=C/c1cn(C)cn1)C[C@H]1C(C)=CC[C@H](C(C)C)[C@H]1/C=C\2COC1OCC(C)C(C)C1C.Cn1cnc(CCC(=O)O)c1. The highest BCUT2D eigenvalue weighted by atomic mass is 16.7. The summed E-state index contributed by atoms with van der Waals surface area (Å²) in [7, 11) is 5.42. The van der Waals surface area contributed by atoms with Gasteiger partial charge >= 0.3 is 11.9 Å². The molecular formula is C43H62N4O8. The van der Waals surface area contributed by atoms with Gasteiger partial charge in [0.05, 0.1) is 43.7 Å². The van der Waals surface area contributed by atoms with Crippen LogP contribution in [-0.4, -0.2) is 80.3 Å². The number of esters is 1. The number of carbonyl (C=O) groups is 2. The second-order valence-electron chi connectivity index (χ2n) is 16.5. The van der Waals surface area contributed by atoms with E-state index < -0.39 is 29.4 Å². The van der Waals surface area contributed by atoms with Crippen LogP contribution >= 0.6 is 0 Å². The molecule has 302 valence electrons. The smallest absolute Gasteiger partial charge is 0.331 e. The second-order valence-corrected chi connectivity index (χ2v) is 16.5. The Morgan fingerprint density at radius 3 is 2.45 bits per heavy atom. The molecular weight excluding hydrogens is 700 g/mol. The van der Waals surface area contributed by atoms with Gasteiger partial charge in [-0.2, -0.15) is 0 Å². The Labute approximate surface area is 326 Å². The highest BCUT2D eigenvalue weighted by Crippen LogP contribution is 2.50. The number of aromatic nitrogens is 4. The van der Waals surface area contributed by atoms with Gasteiger partial charge in [0, 0.05) is 57.6 Å². The molecule has 10 atom stereocenters. The van der Waals surface area contributed by atoms with Crippen LogP contribution in [0.5, 0.6) is 0 Å². The largest absolute Gasteiger partial charge is 0.481 e. The molecule has 12 heteroatoms. The predicted molar refractivity (Wildman–Crippen MR) is 209 cm³/mol. The van der Waals surface area contributed by atoms with E-state index in [9.17, 15) is 9.59 Å². The fraction of sp³-hybridized carbons (Fsp3) is 0.628. The lowest BCUT2D eigenvalue weighted by Crippen LogP contribution is -2.48. The van der Waals surface area contributed by atoms with E-state index in [1.807, 2.05) is 50.1 Å². The first-order valence-corrected chi connectivity index (χ1v) is 19.7. The maximum Gasteiger partial charge on any atom is 0.331 e. The third kappa shape index (κ3) is 10.1. The summed E-state index contributed by atoms with van der Waals surface area (Å²) in [4.78, 5) is 31.7. The summed E-state index contributed by atoms with van der Waals surface area (Å²) in [5.41, 5.74) is 2.86. The number of ether oxygens (including phenoxy) is 5. The number of fused-ring (bicyclic) bond motifs is 3. The zero-order valence-electron chi connectivity index (χ0n) is 34.3. The molecule has 1 fully saturated rings. The lowest BCUT2D eigenvalue weighted by Gasteiger charge is -2.41. The number of rotatable bonds is 11. The molecule has 0 spiro atoms. The van der Waals surface area contributed by atoms with E-state index in [0.717, 1.165) is 17.7 Å². The van der Waals surface area contributed by atoms with Crippen molar-refractivity contribution in [1.29, 1.82) is 0 Å². The van der Waals surface area contributed by atoms with Gasteiger partial charge in [0.2, 0.25) is 5.79 Å². The number of hydrogen-bond acceptors (Lipinski definition) is 9. The first-order chi connectivity index (χ1) is 26.0. The minimum absolute atomic E-state index is 0.150. The summed E-state index contributed by atoms with van der Waals surface area (Å²) in [6.45, 7) is 16.5. The Morgan fingerprint density at radius 1 is 1.09 bits per heavy atom. The summed E-state index contributed by atoms with van der Waals surface area (Å²) >= 11 is 0. The number of hydrogen-bond donors (Lipinski definition) is 1. The van der Waals surface area contributed by atoms with Crippen molar-refractivity contribution in [2.45, 2.75) is 97.9 Å². The number of carbonyl (C=O) groups excluding carboxylic acids is 1. The molecule has 4 aliphatic rings. The maximum atomic E-state index is 13.3. The van der Waals surface area contributed by atoms with Crippen molar-refractivity contribution in [3.05, 3.63) is 78.0 Å². The highest BCUT2D eigenvalue weighted by Gasteiger charge is 2.53. The van der Waals surface area contributed by atoms with E-state index in [2.05, 4.69) is 63.7 Å². The van der Waals surface area contributed by atoms with Crippen LogP contribution in [-0.2, 0) is 53.8 Å². The molecule has 55 heavy (non-hydrogen) atoms. The lowest BCUT2D eigenvalue weighted by molar-refractivity contribution is -0.239. The number of nitrogens with zero attached hydrogens (tertiary/aromatic N) is 4. The van der Waals surface area contributed by atoms with Crippen LogP contribution in [0, 0.1) is 41.4 Å². The van der Waals surface area contributed by atoms with Crippen molar-refractivity contribution < 1.29 is 38.4 Å². The molecule has 3 aliphatic heterocycles. The number of methoxy groups -OCH3 is 1. The van der Waals surface area contributed by atoms with Gasteiger partial charge in [-0.3, -0.25) is 4.79 Å². The van der Waals surface area contributed by atoms with Crippen molar-refractivity contribution in [3.63, 3.8) is 0 Å². The molecule has 0 aromatic carbocycles. The zero-order valence-corrected chi connectivity index (χ0v) is 34.3. The molecule has 12 nitrogen and oxygen atoms in total. The Kier molecular flexibility index (Phi) is 13.8. The predicted octanol–water partition coefficient (Wildman–Crippen LogP) is 6.94. The first kappa shape index (κ1) is 42.3. The number of allylic oxidation sites excluding steroid dienone is 3. The summed E-state index contributed by atoms with van der Waals surface area (Å²) in [5, 5.41) is 8.35. The quantitative estimate of drug-likeness (QED) is 0.146. The number of aryl methyl sites for hydroxylation is 3. The van der Waals surface area contributed by atoms with Gasteiger partial charge in [0.1, 0.15) is 11.7 Å². The zero-order chi connectivity index (χ0) is 40.1. The standard InChI is InChI=1S/C36H52N2O6.C7H10N2O2/c1-22(2)29-12-10-23(3)30-17-32(43-33(39)13-11-28-18-38(8)21-37-28)35(7)14-15-36(40-9,44-35)27(16-31(29)30)20-42-34-26(6)25(5)24(4)19-41-34;1-9-4-6(8-5-9)2-3-7(10)11/h10-11,13-16,18,21-22,24-26,29-32,34H,12,17,19-20H2,1-9H3;4-5H,2-3H2,1H3,(H,10,11)/b13-11+,27-16-;/t24?,25?,26?,29-,30+,31-,32+,34?,35+,36-;/m1./s1. The molecule has 2 aromatic rings. The minimum atomic E-state index is -1.15. The number of imidazole rings is 2. The van der Waals surface area contributed by atoms with Crippen LogP contribution in [0.4, 0.5) is 0 Å². The van der Waals surface area contributed by atoms with E-state index in [1.165, 1.54) is 11.6 Å². The molecule has 2 bridgehead atoms. The van der Waals surface area contributed by atoms with E-state index >= 15 is 0 Å². The Hall–Kier alpha value is -3.84. The average Bonchev–Trinajstić information content (AvgIpc) is 3.87. The fourth-order valence-electron chi connectivity index (χ4n) is 8.29. The van der Waals surface area contributed by atoms with Crippen LogP contribution in [0.25, 0.3) is 6.08 Å². The molecule has 6 rings (SSSR count). The van der Waals surface area contributed by atoms with Gasteiger partial charge in [-0.15, -0.1) is 0 Å². The number of carboxylic acid groups (broad SMARTS) is 1. The molecule has 2 aromatic heterocycles. The van der Waals surface area contributed by atoms with E-state index in [1.54, 1.807) is 30.4 Å².